The molecule has 100 valence electrons. The van der Waals surface area contributed by atoms with Gasteiger partial charge in [0.15, 0.2) is 0 Å². The molecule has 1 aromatic carbocycles. The van der Waals surface area contributed by atoms with Crippen LogP contribution in [-0.4, -0.2) is 30.3 Å². The number of hydrogen-bond acceptors (Lipinski definition) is 3. The van der Waals surface area contributed by atoms with Crippen molar-refractivity contribution < 1.29 is 14.6 Å². The van der Waals surface area contributed by atoms with Crippen LogP contribution in [-0.2, 0) is 4.79 Å². The maximum atomic E-state index is 11.4. The van der Waals surface area contributed by atoms with Crippen LogP contribution in [0.2, 0.25) is 0 Å². The Hall–Kier alpha value is -1.55. The minimum Gasteiger partial charge on any atom is -0.494 e. The number of hydrogen-bond donors (Lipinski definition) is 2. The van der Waals surface area contributed by atoms with Crippen LogP contribution < -0.4 is 10.1 Å². The molecular weight excluding hydrogens is 230 g/mol. The maximum absolute atomic E-state index is 11.4. The number of aryl methyl sites for hydroxylation is 1. The molecule has 0 fully saturated rings. The van der Waals surface area contributed by atoms with E-state index in [0.29, 0.717) is 19.4 Å². The predicted molar refractivity (Wildman–Crippen MR) is 70.6 cm³/mol. The highest BCUT2D eigenvalue weighted by Gasteiger charge is 2.05. The first kappa shape index (κ1) is 14.5. The Labute approximate surface area is 108 Å². The lowest BCUT2D eigenvalue weighted by Gasteiger charge is -2.11. The first-order valence-electron chi connectivity index (χ1n) is 6.21. The number of rotatable bonds is 7. The highest BCUT2D eigenvalue weighted by molar-refractivity contribution is 5.76. The monoisotopic (exact) mass is 251 g/mol. The third-order valence-electron chi connectivity index (χ3n) is 2.52. The van der Waals surface area contributed by atoms with Crippen molar-refractivity contribution in [3.05, 3.63) is 29.8 Å². The molecule has 2 N–H and O–H groups in total. The number of carbonyl (C=O) groups excluding carboxylic acids is 1. The van der Waals surface area contributed by atoms with E-state index < -0.39 is 0 Å². The van der Waals surface area contributed by atoms with Crippen LogP contribution >= 0.6 is 0 Å². The van der Waals surface area contributed by atoms with Crippen LogP contribution in [0, 0.1) is 6.92 Å². The van der Waals surface area contributed by atoms with Gasteiger partial charge in [0.2, 0.25) is 5.91 Å². The molecule has 4 heteroatoms. The number of ether oxygens (including phenoxy) is 1. The fraction of sp³-hybridized carbons (Fsp3) is 0.500. The van der Waals surface area contributed by atoms with Crippen LogP contribution in [0.5, 0.6) is 5.75 Å². The molecule has 1 aromatic rings. The van der Waals surface area contributed by atoms with Gasteiger partial charge < -0.3 is 15.2 Å². The average Bonchev–Trinajstić information content (AvgIpc) is 2.36. The Bertz CT molecular complexity index is 362. The highest BCUT2D eigenvalue weighted by atomic mass is 16.5. The van der Waals surface area contributed by atoms with Crippen molar-refractivity contribution in [2.75, 3.05) is 13.2 Å². The van der Waals surface area contributed by atoms with E-state index in [2.05, 4.69) is 5.32 Å². The van der Waals surface area contributed by atoms with E-state index in [4.69, 9.17) is 9.84 Å². The fourth-order valence-electron chi connectivity index (χ4n) is 1.45. The molecule has 0 spiro atoms. The summed E-state index contributed by atoms with van der Waals surface area (Å²) in [6, 6.07) is 7.64. The first-order chi connectivity index (χ1) is 8.61. The molecule has 0 radical (unpaired) electrons. The molecule has 18 heavy (non-hydrogen) atoms. The Morgan fingerprint density at radius 2 is 2.06 bits per heavy atom. The number of aliphatic hydroxyl groups is 1. The lowest BCUT2D eigenvalue weighted by Crippen LogP contribution is -2.34. The van der Waals surface area contributed by atoms with Gasteiger partial charge in [0, 0.05) is 12.5 Å². The Kier molecular flexibility index (Phi) is 6.22. The van der Waals surface area contributed by atoms with Crippen LogP contribution in [0.15, 0.2) is 24.3 Å². The lowest BCUT2D eigenvalue weighted by molar-refractivity contribution is -0.122. The number of aliphatic hydroxyl groups excluding tert-OH is 1. The summed E-state index contributed by atoms with van der Waals surface area (Å²) in [5.74, 6) is 0.772. The van der Waals surface area contributed by atoms with Crippen molar-refractivity contribution >= 4 is 5.91 Å². The van der Waals surface area contributed by atoms with Gasteiger partial charge in [-0.25, -0.2) is 0 Å². The van der Waals surface area contributed by atoms with E-state index in [1.807, 2.05) is 31.2 Å². The largest absolute Gasteiger partial charge is 0.494 e. The molecule has 0 saturated heterocycles. The zero-order valence-electron chi connectivity index (χ0n) is 11.0. The van der Waals surface area contributed by atoms with Crippen molar-refractivity contribution in [2.45, 2.75) is 32.7 Å². The smallest absolute Gasteiger partial charge is 0.220 e. The summed E-state index contributed by atoms with van der Waals surface area (Å²) in [4.78, 5) is 11.4. The van der Waals surface area contributed by atoms with Crippen LogP contribution in [0.3, 0.4) is 0 Å². The summed E-state index contributed by atoms with van der Waals surface area (Å²) in [5, 5.41) is 11.5. The third kappa shape index (κ3) is 5.68. The van der Waals surface area contributed by atoms with Gasteiger partial charge in [0.1, 0.15) is 5.75 Å². The van der Waals surface area contributed by atoms with E-state index in [1.54, 1.807) is 6.92 Å². The van der Waals surface area contributed by atoms with Gasteiger partial charge in [0.25, 0.3) is 0 Å². The second kappa shape index (κ2) is 7.71. The molecule has 0 heterocycles. The highest BCUT2D eigenvalue weighted by Crippen LogP contribution is 2.11. The molecule has 1 rings (SSSR count). The molecule has 0 aliphatic rings. The molecule has 1 amide bonds. The van der Waals surface area contributed by atoms with Crippen molar-refractivity contribution in [1.82, 2.24) is 5.32 Å². The molecule has 0 unspecified atom stereocenters. The third-order valence-corrected chi connectivity index (χ3v) is 2.52. The number of benzene rings is 1. The standard InChI is InChI=1S/C14H21NO3/c1-11-5-7-13(8-6-11)18-9-3-4-14(17)15-12(2)10-16/h5-8,12,16H,3-4,9-10H2,1-2H3,(H,15,17)/t12-/m0/s1. The number of amides is 1. The minimum atomic E-state index is -0.185. The maximum Gasteiger partial charge on any atom is 0.220 e. The second-order valence-corrected chi connectivity index (χ2v) is 4.42. The molecule has 0 saturated carbocycles. The van der Waals surface area contributed by atoms with Gasteiger partial charge in [-0.05, 0) is 32.4 Å². The lowest BCUT2D eigenvalue weighted by atomic mass is 10.2. The molecule has 0 aliphatic heterocycles. The minimum absolute atomic E-state index is 0.0361. The molecule has 4 nitrogen and oxygen atoms in total. The molecule has 0 aromatic heterocycles. The van der Waals surface area contributed by atoms with Gasteiger partial charge >= 0.3 is 0 Å². The van der Waals surface area contributed by atoms with Gasteiger partial charge in [-0.1, -0.05) is 17.7 Å². The molecular formula is C14H21NO3. The normalized spacial score (nSPS) is 11.9. The van der Waals surface area contributed by atoms with E-state index in [9.17, 15) is 4.79 Å². The molecule has 1 atom stereocenters. The summed E-state index contributed by atoms with van der Waals surface area (Å²) in [5.41, 5.74) is 1.19. The molecule has 0 aliphatic carbocycles. The quantitative estimate of drug-likeness (QED) is 0.724. The summed E-state index contributed by atoms with van der Waals surface area (Å²) >= 11 is 0. The number of nitrogens with one attached hydrogen (secondary N) is 1. The van der Waals surface area contributed by atoms with Crippen LogP contribution in [0.4, 0.5) is 0 Å². The number of carbonyl (C=O) groups is 1. The topological polar surface area (TPSA) is 58.6 Å². The van der Waals surface area contributed by atoms with E-state index in [1.165, 1.54) is 5.56 Å². The fourth-order valence-corrected chi connectivity index (χ4v) is 1.45. The predicted octanol–water partition coefficient (Wildman–Crippen LogP) is 1.65. The summed E-state index contributed by atoms with van der Waals surface area (Å²) in [6.45, 7) is 4.27. The van der Waals surface area contributed by atoms with Crippen molar-refractivity contribution in [1.29, 1.82) is 0 Å². The average molecular weight is 251 g/mol. The van der Waals surface area contributed by atoms with Gasteiger partial charge in [-0.15, -0.1) is 0 Å². The van der Waals surface area contributed by atoms with Crippen LogP contribution in [0.1, 0.15) is 25.3 Å². The zero-order valence-corrected chi connectivity index (χ0v) is 11.0. The first-order valence-corrected chi connectivity index (χ1v) is 6.21. The Balaban J connectivity index is 2.15. The summed E-state index contributed by atoms with van der Waals surface area (Å²) in [7, 11) is 0. The van der Waals surface area contributed by atoms with E-state index in [0.717, 1.165) is 5.75 Å². The zero-order chi connectivity index (χ0) is 13.4. The van der Waals surface area contributed by atoms with Gasteiger partial charge in [0.05, 0.1) is 13.2 Å². The van der Waals surface area contributed by atoms with Crippen molar-refractivity contribution in [3.8, 4) is 5.75 Å². The van der Waals surface area contributed by atoms with Crippen LogP contribution in [0.25, 0.3) is 0 Å². The van der Waals surface area contributed by atoms with Gasteiger partial charge in [-0.3, -0.25) is 4.79 Å². The second-order valence-electron chi connectivity index (χ2n) is 4.42. The van der Waals surface area contributed by atoms with Crippen molar-refractivity contribution in [2.24, 2.45) is 0 Å². The summed E-state index contributed by atoms with van der Waals surface area (Å²) in [6.07, 6.45) is 1.08. The SMILES string of the molecule is Cc1ccc(OCCCC(=O)N[C@@H](C)CO)cc1. The van der Waals surface area contributed by atoms with Crippen molar-refractivity contribution in [3.63, 3.8) is 0 Å². The Morgan fingerprint density at radius 3 is 2.67 bits per heavy atom. The van der Waals surface area contributed by atoms with E-state index >= 15 is 0 Å². The van der Waals surface area contributed by atoms with E-state index in [-0.39, 0.29) is 18.6 Å². The summed E-state index contributed by atoms with van der Waals surface area (Å²) < 4.78 is 5.51. The Morgan fingerprint density at radius 1 is 1.39 bits per heavy atom. The van der Waals surface area contributed by atoms with Gasteiger partial charge in [-0.2, -0.15) is 0 Å². The molecule has 0 bridgehead atoms.